The molecule has 1 aromatic heterocycles. The van der Waals surface area contributed by atoms with Crippen molar-refractivity contribution in [3.8, 4) is 11.5 Å². The van der Waals surface area contributed by atoms with Gasteiger partial charge in [0, 0.05) is 6.42 Å². The highest BCUT2D eigenvalue weighted by Gasteiger charge is 2.12. The average molecular weight is 263 g/mol. The molecule has 0 aliphatic heterocycles. The molecular formula is C13H17N3O3. The minimum Gasteiger partial charge on any atom is -0.493 e. The van der Waals surface area contributed by atoms with Crippen molar-refractivity contribution in [2.45, 2.75) is 19.4 Å². The monoisotopic (exact) mass is 263 g/mol. The van der Waals surface area contributed by atoms with Gasteiger partial charge in [-0.3, -0.25) is 0 Å². The van der Waals surface area contributed by atoms with Crippen LogP contribution in [0.3, 0.4) is 0 Å². The van der Waals surface area contributed by atoms with Gasteiger partial charge in [0.25, 0.3) is 0 Å². The number of aromatic nitrogens is 2. The van der Waals surface area contributed by atoms with Gasteiger partial charge >= 0.3 is 0 Å². The molecule has 2 rings (SSSR count). The fraction of sp³-hybridized carbons (Fsp3) is 0.385. The molecule has 0 saturated heterocycles. The minimum atomic E-state index is -0.258. The largest absolute Gasteiger partial charge is 0.493 e. The van der Waals surface area contributed by atoms with Gasteiger partial charge < -0.3 is 19.7 Å². The third-order valence-corrected chi connectivity index (χ3v) is 2.68. The maximum absolute atomic E-state index is 5.67. The van der Waals surface area contributed by atoms with E-state index >= 15 is 0 Å². The molecule has 1 atom stereocenters. The van der Waals surface area contributed by atoms with E-state index in [4.69, 9.17) is 19.7 Å². The lowest BCUT2D eigenvalue weighted by atomic mass is 10.1. The zero-order chi connectivity index (χ0) is 13.8. The quantitative estimate of drug-likeness (QED) is 0.883. The zero-order valence-corrected chi connectivity index (χ0v) is 11.2. The van der Waals surface area contributed by atoms with Gasteiger partial charge in [-0.1, -0.05) is 11.2 Å². The number of methoxy groups -OCH3 is 2. The fourth-order valence-electron chi connectivity index (χ4n) is 1.70. The van der Waals surface area contributed by atoms with Crippen LogP contribution in [0, 0.1) is 0 Å². The molecule has 2 aromatic rings. The lowest BCUT2D eigenvalue weighted by molar-refractivity contribution is 0.354. The average Bonchev–Trinajstić information content (AvgIpc) is 2.87. The van der Waals surface area contributed by atoms with Crippen LogP contribution in [0.25, 0.3) is 0 Å². The van der Waals surface area contributed by atoms with E-state index in [1.165, 1.54) is 0 Å². The third kappa shape index (κ3) is 3.03. The van der Waals surface area contributed by atoms with Crippen molar-refractivity contribution >= 4 is 0 Å². The molecule has 0 aliphatic carbocycles. The smallest absolute Gasteiger partial charge is 0.243 e. The van der Waals surface area contributed by atoms with Gasteiger partial charge in [-0.2, -0.15) is 4.98 Å². The van der Waals surface area contributed by atoms with E-state index in [2.05, 4.69) is 10.1 Å². The Kier molecular flexibility index (Phi) is 4.01. The van der Waals surface area contributed by atoms with E-state index in [-0.39, 0.29) is 6.04 Å². The fourth-order valence-corrected chi connectivity index (χ4v) is 1.70. The van der Waals surface area contributed by atoms with E-state index in [1.807, 2.05) is 18.2 Å². The van der Waals surface area contributed by atoms with Crippen molar-refractivity contribution < 1.29 is 14.0 Å². The second-order valence-corrected chi connectivity index (χ2v) is 4.20. The van der Waals surface area contributed by atoms with Crippen molar-refractivity contribution in [2.75, 3.05) is 14.2 Å². The Hall–Kier alpha value is -2.08. The lowest BCUT2D eigenvalue weighted by Gasteiger charge is -2.08. The van der Waals surface area contributed by atoms with Gasteiger partial charge in [-0.15, -0.1) is 0 Å². The normalized spacial score (nSPS) is 12.2. The molecule has 1 aromatic carbocycles. The predicted molar refractivity (Wildman–Crippen MR) is 69.3 cm³/mol. The molecule has 1 heterocycles. The highest BCUT2D eigenvalue weighted by molar-refractivity contribution is 5.43. The topological polar surface area (TPSA) is 83.4 Å². The minimum absolute atomic E-state index is 0.258. The maximum Gasteiger partial charge on any atom is 0.243 e. The number of ether oxygens (including phenoxy) is 2. The molecule has 0 saturated carbocycles. The Balaban J connectivity index is 2.18. The SMILES string of the molecule is COc1ccc(Cc2noc([C@H](C)N)n2)cc1OC. The Labute approximate surface area is 111 Å². The first-order chi connectivity index (χ1) is 9.13. The molecule has 102 valence electrons. The number of nitrogens with zero attached hydrogens (tertiary/aromatic N) is 2. The van der Waals surface area contributed by atoms with Crippen molar-refractivity contribution in [1.29, 1.82) is 0 Å². The van der Waals surface area contributed by atoms with Gasteiger partial charge in [0.1, 0.15) is 0 Å². The summed E-state index contributed by atoms with van der Waals surface area (Å²) in [6, 6.07) is 5.41. The van der Waals surface area contributed by atoms with Gasteiger partial charge in [-0.05, 0) is 24.6 Å². The standard InChI is InChI=1S/C13H17N3O3/c1-8(14)13-15-12(16-19-13)7-9-4-5-10(17-2)11(6-9)18-3/h4-6,8H,7,14H2,1-3H3/t8-/m0/s1. The Morgan fingerprint density at radius 1 is 1.26 bits per heavy atom. The summed E-state index contributed by atoms with van der Waals surface area (Å²) in [4.78, 5) is 4.23. The molecule has 0 bridgehead atoms. The molecule has 6 heteroatoms. The van der Waals surface area contributed by atoms with Crippen LogP contribution in [-0.4, -0.2) is 24.4 Å². The van der Waals surface area contributed by atoms with E-state index in [0.717, 1.165) is 5.56 Å². The maximum atomic E-state index is 5.67. The first-order valence-electron chi connectivity index (χ1n) is 5.93. The van der Waals surface area contributed by atoms with E-state index in [0.29, 0.717) is 29.6 Å². The van der Waals surface area contributed by atoms with Crippen LogP contribution in [0.2, 0.25) is 0 Å². The number of hydrogen-bond donors (Lipinski definition) is 1. The first-order valence-corrected chi connectivity index (χ1v) is 5.93. The molecule has 19 heavy (non-hydrogen) atoms. The lowest BCUT2D eigenvalue weighted by Crippen LogP contribution is -2.05. The molecule has 0 fully saturated rings. The van der Waals surface area contributed by atoms with E-state index < -0.39 is 0 Å². The summed E-state index contributed by atoms with van der Waals surface area (Å²) < 4.78 is 15.5. The third-order valence-electron chi connectivity index (χ3n) is 2.68. The van der Waals surface area contributed by atoms with Crippen molar-refractivity contribution in [1.82, 2.24) is 10.1 Å². The summed E-state index contributed by atoms with van der Waals surface area (Å²) in [7, 11) is 3.20. The summed E-state index contributed by atoms with van der Waals surface area (Å²) in [6.45, 7) is 1.80. The number of nitrogens with two attached hydrogens (primary N) is 1. The van der Waals surface area contributed by atoms with Crippen LogP contribution >= 0.6 is 0 Å². The number of rotatable bonds is 5. The molecule has 6 nitrogen and oxygen atoms in total. The van der Waals surface area contributed by atoms with Crippen LogP contribution in [0.1, 0.15) is 30.2 Å². The zero-order valence-electron chi connectivity index (χ0n) is 11.2. The van der Waals surface area contributed by atoms with E-state index in [1.54, 1.807) is 21.1 Å². The van der Waals surface area contributed by atoms with Crippen molar-refractivity contribution in [3.63, 3.8) is 0 Å². The molecule has 0 amide bonds. The van der Waals surface area contributed by atoms with Crippen molar-refractivity contribution in [2.24, 2.45) is 5.73 Å². The van der Waals surface area contributed by atoms with Crippen LogP contribution in [0.4, 0.5) is 0 Å². The Bertz CT molecular complexity index is 552. The molecular weight excluding hydrogens is 246 g/mol. The number of hydrogen-bond acceptors (Lipinski definition) is 6. The second kappa shape index (κ2) is 5.71. The van der Waals surface area contributed by atoms with Gasteiger partial charge in [-0.25, -0.2) is 0 Å². The van der Waals surface area contributed by atoms with Gasteiger partial charge in [0.2, 0.25) is 5.89 Å². The van der Waals surface area contributed by atoms with Gasteiger partial charge in [0.15, 0.2) is 17.3 Å². The van der Waals surface area contributed by atoms with Crippen LogP contribution in [-0.2, 0) is 6.42 Å². The molecule has 0 aliphatic rings. The molecule has 0 spiro atoms. The molecule has 2 N–H and O–H groups in total. The van der Waals surface area contributed by atoms with Crippen LogP contribution < -0.4 is 15.2 Å². The molecule has 0 unspecified atom stereocenters. The van der Waals surface area contributed by atoms with Crippen LogP contribution in [0.15, 0.2) is 22.7 Å². The van der Waals surface area contributed by atoms with Gasteiger partial charge in [0.05, 0.1) is 20.3 Å². The summed E-state index contributed by atoms with van der Waals surface area (Å²) >= 11 is 0. The van der Waals surface area contributed by atoms with E-state index in [9.17, 15) is 0 Å². The summed E-state index contributed by atoms with van der Waals surface area (Å²) in [6.07, 6.45) is 0.552. The second-order valence-electron chi connectivity index (χ2n) is 4.20. The summed E-state index contributed by atoms with van der Waals surface area (Å²) in [5.41, 5.74) is 6.68. The van der Waals surface area contributed by atoms with Crippen molar-refractivity contribution in [3.05, 3.63) is 35.5 Å². The highest BCUT2D eigenvalue weighted by atomic mass is 16.5. The first kappa shape index (κ1) is 13.4. The molecule has 0 radical (unpaired) electrons. The number of benzene rings is 1. The summed E-state index contributed by atoms with van der Waals surface area (Å²) in [5.74, 6) is 2.40. The predicted octanol–water partition coefficient (Wildman–Crippen LogP) is 1.70. The highest BCUT2D eigenvalue weighted by Crippen LogP contribution is 2.28. The Morgan fingerprint density at radius 3 is 2.58 bits per heavy atom. The Morgan fingerprint density at radius 2 is 2.00 bits per heavy atom. The van der Waals surface area contributed by atoms with Crippen LogP contribution in [0.5, 0.6) is 11.5 Å². The summed E-state index contributed by atoms with van der Waals surface area (Å²) in [5, 5.41) is 3.89.